The first-order valence-electron chi connectivity index (χ1n) is 8.85. The van der Waals surface area contributed by atoms with Gasteiger partial charge in [-0.1, -0.05) is 24.3 Å². The molecule has 0 saturated carbocycles. The molecule has 1 aromatic heterocycles. The van der Waals surface area contributed by atoms with Gasteiger partial charge < -0.3 is 9.88 Å². The normalized spacial score (nSPS) is 12.4. The maximum atomic E-state index is 13.1. The highest BCUT2D eigenvalue weighted by atomic mass is 32.2. The minimum Gasteiger partial charge on any atom is -0.377 e. The molecule has 0 atom stereocenters. The summed E-state index contributed by atoms with van der Waals surface area (Å²) in [4.78, 5) is 7.62. The molecule has 4 aromatic rings. The van der Waals surface area contributed by atoms with Crippen LogP contribution in [0.2, 0.25) is 0 Å². The van der Waals surface area contributed by atoms with E-state index in [1.165, 1.54) is 24.3 Å². The van der Waals surface area contributed by atoms with Crippen LogP contribution in [0, 0.1) is 0 Å². The molecule has 1 heterocycles. The summed E-state index contributed by atoms with van der Waals surface area (Å²) in [7, 11) is -0.269. The van der Waals surface area contributed by atoms with Gasteiger partial charge in [0.15, 0.2) is 0 Å². The quantitative estimate of drug-likeness (QED) is 0.492. The van der Waals surface area contributed by atoms with Gasteiger partial charge >= 0.3 is 6.18 Å². The van der Waals surface area contributed by atoms with E-state index in [0.29, 0.717) is 5.39 Å². The lowest BCUT2D eigenvalue weighted by molar-refractivity contribution is -0.144. The van der Waals surface area contributed by atoms with Crippen LogP contribution in [0.3, 0.4) is 0 Å². The van der Waals surface area contributed by atoms with Gasteiger partial charge in [-0.2, -0.15) is 13.2 Å². The third-order valence-corrected chi connectivity index (χ3v) is 6.07. The van der Waals surface area contributed by atoms with Crippen molar-refractivity contribution in [2.45, 2.75) is 11.1 Å². The van der Waals surface area contributed by atoms with Crippen molar-refractivity contribution in [3.8, 4) is 0 Å². The Labute approximate surface area is 170 Å². The van der Waals surface area contributed by atoms with Crippen LogP contribution in [-0.4, -0.2) is 32.5 Å². The van der Waals surface area contributed by atoms with Crippen LogP contribution >= 0.6 is 0 Å². The highest BCUT2D eigenvalue weighted by molar-refractivity contribution is 7.93. The summed E-state index contributed by atoms with van der Waals surface area (Å²) in [5.41, 5.74) is 1.16. The van der Waals surface area contributed by atoms with E-state index in [-0.39, 0.29) is 21.6 Å². The van der Waals surface area contributed by atoms with E-state index < -0.39 is 22.0 Å². The van der Waals surface area contributed by atoms with Crippen molar-refractivity contribution in [3.05, 3.63) is 60.4 Å². The molecule has 0 aliphatic rings. The zero-order valence-electron chi connectivity index (χ0n) is 15.9. The number of imidazole rings is 1. The first-order valence-corrected chi connectivity index (χ1v) is 10.3. The summed E-state index contributed by atoms with van der Waals surface area (Å²) in [6.45, 7) is 0. The topological polar surface area (TPSA) is 78.1 Å². The Morgan fingerprint density at radius 2 is 1.70 bits per heavy atom. The maximum absolute atomic E-state index is 13.1. The lowest BCUT2D eigenvalue weighted by atomic mass is 10.1. The molecule has 0 unspecified atom stereocenters. The number of anilines is 2. The van der Waals surface area contributed by atoms with Crippen molar-refractivity contribution < 1.29 is 21.6 Å². The lowest BCUT2D eigenvalue weighted by Gasteiger charge is -2.17. The second-order valence-electron chi connectivity index (χ2n) is 6.94. The Balaban J connectivity index is 1.76. The summed E-state index contributed by atoms with van der Waals surface area (Å²) < 4.78 is 67.1. The molecular weight excluding hydrogens is 417 g/mol. The fourth-order valence-corrected chi connectivity index (χ4v) is 4.58. The first kappa shape index (κ1) is 20.0. The van der Waals surface area contributed by atoms with Gasteiger partial charge in [0.05, 0.1) is 21.6 Å². The third-order valence-electron chi connectivity index (χ3n) is 4.63. The third kappa shape index (κ3) is 3.54. The van der Waals surface area contributed by atoms with E-state index >= 15 is 0 Å². The van der Waals surface area contributed by atoms with Gasteiger partial charge in [-0.15, -0.1) is 0 Å². The number of rotatable bonds is 4. The number of hydrogen-bond acceptors (Lipinski definition) is 4. The van der Waals surface area contributed by atoms with Crippen LogP contribution in [0.15, 0.2) is 59.5 Å². The number of H-pyrrole nitrogens is 1. The van der Waals surface area contributed by atoms with Crippen molar-refractivity contribution in [2.75, 3.05) is 23.7 Å². The number of hydrogen-bond donors (Lipinski definition) is 2. The van der Waals surface area contributed by atoms with E-state index in [1.807, 2.05) is 31.1 Å². The van der Waals surface area contributed by atoms with Crippen LogP contribution < -0.4 is 9.62 Å². The molecule has 0 radical (unpaired) electrons. The van der Waals surface area contributed by atoms with Gasteiger partial charge in [0.1, 0.15) is 0 Å². The predicted octanol–water partition coefficient (Wildman–Crippen LogP) is 4.60. The summed E-state index contributed by atoms with van der Waals surface area (Å²) >= 11 is 0. The number of nitrogens with zero attached hydrogens (tertiary/aromatic N) is 2. The molecule has 4 rings (SSSR count). The van der Waals surface area contributed by atoms with Gasteiger partial charge in [-0.3, -0.25) is 4.72 Å². The molecule has 30 heavy (non-hydrogen) atoms. The van der Waals surface area contributed by atoms with E-state index in [1.54, 1.807) is 18.2 Å². The number of aromatic nitrogens is 2. The average molecular weight is 434 g/mol. The highest BCUT2D eigenvalue weighted by Crippen LogP contribution is 2.32. The van der Waals surface area contributed by atoms with Crippen LogP contribution in [0.25, 0.3) is 21.8 Å². The number of benzene rings is 3. The number of nitrogens with one attached hydrogen (secondary N) is 2. The van der Waals surface area contributed by atoms with Gasteiger partial charge in [0, 0.05) is 30.6 Å². The molecule has 10 heteroatoms. The molecule has 0 bridgehead atoms. The average Bonchev–Trinajstić information content (AvgIpc) is 3.10. The van der Waals surface area contributed by atoms with Crippen LogP contribution in [-0.2, 0) is 16.2 Å². The minimum absolute atomic E-state index is 0.0735. The Morgan fingerprint density at radius 1 is 1.00 bits per heavy atom. The van der Waals surface area contributed by atoms with Gasteiger partial charge in [0.25, 0.3) is 10.0 Å². The number of alkyl halides is 3. The molecule has 0 aliphatic heterocycles. The Morgan fingerprint density at radius 3 is 2.40 bits per heavy atom. The number of sulfonamides is 1. The van der Waals surface area contributed by atoms with E-state index in [9.17, 15) is 21.6 Å². The molecule has 0 fully saturated rings. The monoisotopic (exact) mass is 434 g/mol. The maximum Gasteiger partial charge on any atom is 0.449 e. The van der Waals surface area contributed by atoms with Crippen LogP contribution in [0.1, 0.15) is 5.82 Å². The van der Waals surface area contributed by atoms with Crippen LogP contribution in [0.5, 0.6) is 0 Å². The fourth-order valence-electron chi connectivity index (χ4n) is 3.31. The molecule has 3 aromatic carbocycles. The second kappa shape index (κ2) is 6.91. The fraction of sp³-hybridized carbons (Fsp3) is 0.150. The summed E-state index contributed by atoms with van der Waals surface area (Å²) in [5.74, 6) is -1.14. The van der Waals surface area contributed by atoms with E-state index in [0.717, 1.165) is 11.1 Å². The molecule has 0 amide bonds. The lowest BCUT2D eigenvalue weighted by Crippen LogP contribution is -2.14. The zero-order valence-corrected chi connectivity index (χ0v) is 16.8. The number of fused-ring (bicyclic) bond motifs is 2. The largest absolute Gasteiger partial charge is 0.449 e. The predicted molar refractivity (Wildman–Crippen MR) is 110 cm³/mol. The van der Waals surface area contributed by atoms with E-state index in [2.05, 4.69) is 14.7 Å². The highest BCUT2D eigenvalue weighted by Gasteiger charge is 2.34. The first-order chi connectivity index (χ1) is 14.1. The smallest absolute Gasteiger partial charge is 0.377 e. The summed E-state index contributed by atoms with van der Waals surface area (Å²) in [6, 6.07) is 14.3. The Bertz CT molecular complexity index is 1360. The molecular formula is C20H17F3N4O2S. The summed E-state index contributed by atoms with van der Waals surface area (Å²) in [6.07, 6.45) is -4.62. The minimum atomic E-state index is -4.62. The van der Waals surface area contributed by atoms with Gasteiger partial charge in [0.2, 0.25) is 5.82 Å². The van der Waals surface area contributed by atoms with Gasteiger partial charge in [-0.25, -0.2) is 13.4 Å². The molecule has 2 N–H and O–H groups in total. The Hall–Kier alpha value is -3.27. The zero-order chi connectivity index (χ0) is 21.7. The van der Waals surface area contributed by atoms with Crippen molar-refractivity contribution >= 4 is 43.2 Å². The standard InChI is InChI=1S/C20H17F3N4O2S/c1-27(2)17-7-3-6-14-13(17)5-4-8-18(14)30(28,29)26-12-9-10-15-16(11-12)25-19(24-15)20(21,22)23/h3-11,26H,1-2H3,(H,24,25). The number of aromatic amines is 1. The van der Waals surface area contributed by atoms with E-state index in [4.69, 9.17) is 0 Å². The molecule has 0 saturated heterocycles. The SMILES string of the molecule is CN(C)c1cccc2c(S(=O)(=O)Nc3ccc4nc(C(F)(F)F)[nH]c4c3)cccc12. The molecule has 156 valence electrons. The van der Waals surface area contributed by atoms with Crippen molar-refractivity contribution in [1.29, 1.82) is 0 Å². The van der Waals surface area contributed by atoms with Crippen molar-refractivity contribution in [2.24, 2.45) is 0 Å². The number of halogens is 3. The Kier molecular flexibility index (Phi) is 4.61. The molecule has 0 aliphatic carbocycles. The van der Waals surface area contributed by atoms with Crippen molar-refractivity contribution in [3.63, 3.8) is 0 Å². The van der Waals surface area contributed by atoms with Gasteiger partial charge in [-0.05, 0) is 30.3 Å². The van der Waals surface area contributed by atoms with Crippen molar-refractivity contribution in [1.82, 2.24) is 9.97 Å². The van der Waals surface area contributed by atoms with Crippen LogP contribution in [0.4, 0.5) is 24.5 Å². The summed E-state index contributed by atoms with van der Waals surface area (Å²) in [5, 5.41) is 1.31. The molecule has 0 spiro atoms. The molecule has 6 nitrogen and oxygen atoms in total. The second-order valence-corrected chi connectivity index (χ2v) is 8.59.